The Balaban J connectivity index is 0.00000225. The number of rotatable bonds is 4. The molecule has 8 nitrogen and oxygen atoms in total. The van der Waals surface area contributed by atoms with E-state index in [2.05, 4.69) is 30.9 Å². The Bertz CT molecular complexity index is 947. The Morgan fingerprint density at radius 3 is 2.68 bits per heavy atom. The Labute approximate surface area is 167 Å². The van der Waals surface area contributed by atoms with Crippen molar-refractivity contribution in [2.24, 2.45) is 7.05 Å². The van der Waals surface area contributed by atoms with Crippen molar-refractivity contribution in [3.63, 3.8) is 0 Å². The van der Waals surface area contributed by atoms with Crippen LogP contribution in [0.15, 0.2) is 30.3 Å². The Hall–Kier alpha value is -2.78. The normalized spacial score (nSPS) is 14.5. The molecule has 2 aromatic heterocycles. The van der Waals surface area contributed by atoms with Crippen LogP contribution >= 0.6 is 12.4 Å². The van der Waals surface area contributed by atoms with E-state index in [1.54, 1.807) is 29.9 Å². The van der Waals surface area contributed by atoms with Crippen molar-refractivity contribution < 1.29 is 9.18 Å². The number of amides is 1. The van der Waals surface area contributed by atoms with Gasteiger partial charge in [-0.15, -0.1) is 12.4 Å². The first kappa shape index (κ1) is 20.0. The Morgan fingerprint density at radius 2 is 1.96 bits per heavy atom. The van der Waals surface area contributed by atoms with Crippen molar-refractivity contribution in [1.82, 2.24) is 30.3 Å². The Kier molecular flexibility index (Phi) is 6.05. The van der Waals surface area contributed by atoms with E-state index in [0.717, 1.165) is 37.3 Å². The van der Waals surface area contributed by atoms with E-state index in [-0.39, 0.29) is 24.1 Å². The number of aromatic nitrogens is 5. The summed E-state index contributed by atoms with van der Waals surface area (Å²) < 4.78 is 14.6. The van der Waals surface area contributed by atoms with Crippen molar-refractivity contribution >= 4 is 24.3 Å². The number of benzene rings is 1. The molecule has 10 heteroatoms. The number of hydrogen-bond donors (Lipinski definition) is 3. The van der Waals surface area contributed by atoms with Gasteiger partial charge in [0.15, 0.2) is 5.82 Å². The smallest absolute Gasteiger partial charge is 0.276 e. The molecule has 28 heavy (non-hydrogen) atoms. The minimum Gasteiger partial charge on any atom is -0.317 e. The van der Waals surface area contributed by atoms with Crippen LogP contribution in [0.25, 0.3) is 11.3 Å². The highest BCUT2D eigenvalue weighted by Crippen LogP contribution is 2.23. The summed E-state index contributed by atoms with van der Waals surface area (Å²) in [7, 11) is 1.75. The van der Waals surface area contributed by atoms with Gasteiger partial charge < -0.3 is 5.32 Å². The van der Waals surface area contributed by atoms with E-state index in [1.165, 1.54) is 12.1 Å². The van der Waals surface area contributed by atoms with Crippen LogP contribution in [0.2, 0.25) is 0 Å². The molecule has 0 radical (unpaired) electrons. The van der Waals surface area contributed by atoms with Gasteiger partial charge in [-0.2, -0.15) is 15.2 Å². The molecular weight excluding hydrogens is 385 g/mol. The number of carbonyl (C=O) groups excluding carboxylic acids is 1. The molecule has 0 spiro atoms. The highest BCUT2D eigenvalue weighted by molar-refractivity contribution is 6.02. The van der Waals surface area contributed by atoms with E-state index in [0.29, 0.717) is 23.3 Å². The summed E-state index contributed by atoms with van der Waals surface area (Å²) in [5.41, 5.74) is 1.58. The topological polar surface area (TPSA) is 101 Å². The summed E-state index contributed by atoms with van der Waals surface area (Å²) in [5, 5.41) is 17.4. The largest absolute Gasteiger partial charge is 0.317 e. The van der Waals surface area contributed by atoms with Gasteiger partial charge in [-0.05, 0) is 56.3 Å². The van der Waals surface area contributed by atoms with Crippen molar-refractivity contribution in [3.8, 4) is 11.3 Å². The molecule has 0 saturated carbocycles. The molecule has 1 aromatic carbocycles. The fourth-order valence-corrected chi connectivity index (χ4v) is 3.14. The highest BCUT2D eigenvalue weighted by atomic mass is 35.5. The molecule has 148 valence electrons. The molecule has 0 unspecified atom stereocenters. The summed E-state index contributed by atoms with van der Waals surface area (Å²) in [6.07, 6.45) is 1.97. The van der Waals surface area contributed by atoms with Crippen LogP contribution in [0.3, 0.4) is 0 Å². The molecule has 0 atom stereocenters. The zero-order valence-electron chi connectivity index (χ0n) is 15.3. The number of carbonyl (C=O) groups is 1. The number of hydrogen-bond acceptors (Lipinski definition) is 5. The third-order valence-corrected chi connectivity index (χ3v) is 4.67. The molecular formula is C18H21ClFN7O. The van der Waals surface area contributed by atoms with Crippen LogP contribution in [0.1, 0.15) is 35.1 Å². The zero-order valence-corrected chi connectivity index (χ0v) is 16.1. The molecule has 4 rings (SSSR count). The third-order valence-electron chi connectivity index (χ3n) is 4.67. The number of halogens is 2. The second-order valence-electron chi connectivity index (χ2n) is 6.57. The first-order valence-electron chi connectivity index (χ1n) is 8.84. The fourth-order valence-electron chi connectivity index (χ4n) is 3.14. The third kappa shape index (κ3) is 4.20. The highest BCUT2D eigenvalue weighted by Gasteiger charge is 2.22. The zero-order chi connectivity index (χ0) is 18.8. The predicted molar refractivity (Wildman–Crippen MR) is 105 cm³/mol. The van der Waals surface area contributed by atoms with E-state index >= 15 is 0 Å². The van der Waals surface area contributed by atoms with Gasteiger partial charge in [0.1, 0.15) is 11.5 Å². The number of H-pyrrole nitrogens is 1. The second kappa shape index (κ2) is 8.49. The van der Waals surface area contributed by atoms with E-state index in [4.69, 9.17) is 0 Å². The quantitative estimate of drug-likeness (QED) is 0.619. The molecule has 1 fully saturated rings. The maximum Gasteiger partial charge on any atom is 0.276 e. The lowest BCUT2D eigenvalue weighted by molar-refractivity contribution is 0.102. The molecule has 3 aromatic rings. The van der Waals surface area contributed by atoms with E-state index in [1.807, 2.05) is 0 Å². The SMILES string of the molecule is Cl.Cn1nc(C2CCNCC2)nc1NC(=O)c1cc(-c2ccc(F)cc2)n[nH]1. The van der Waals surface area contributed by atoms with E-state index < -0.39 is 0 Å². The van der Waals surface area contributed by atoms with Gasteiger partial charge in [0, 0.05) is 18.5 Å². The maximum atomic E-state index is 13.0. The van der Waals surface area contributed by atoms with E-state index in [9.17, 15) is 9.18 Å². The first-order valence-corrected chi connectivity index (χ1v) is 8.84. The van der Waals surface area contributed by atoms with Gasteiger partial charge in [-0.25, -0.2) is 9.07 Å². The van der Waals surface area contributed by atoms with Gasteiger partial charge in [-0.3, -0.25) is 15.2 Å². The number of anilines is 1. The van der Waals surface area contributed by atoms with Gasteiger partial charge in [0.25, 0.3) is 5.91 Å². The second-order valence-corrected chi connectivity index (χ2v) is 6.57. The van der Waals surface area contributed by atoms with Crippen molar-refractivity contribution in [2.45, 2.75) is 18.8 Å². The number of aromatic amines is 1. The summed E-state index contributed by atoms with van der Waals surface area (Å²) in [4.78, 5) is 17.0. The van der Waals surface area contributed by atoms with Crippen LogP contribution in [0.5, 0.6) is 0 Å². The number of nitrogens with one attached hydrogen (secondary N) is 3. The molecule has 1 saturated heterocycles. The average Bonchev–Trinajstić information content (AvgIpc) is 3.31. The number of piperidine rings is 1. The summed E-state index contributed by atoms with van der Waals surface area (Å²) in [5.74, 6) is 0.778. The van der Waals surface area contributed by atoms with Gasteiger partial charge in [-0.1, -0.05) is 0 Å². The minimum atomic E-state index is -0.358. The van der Waals surface area contributed by atoms with Crippen LogP contribution in [0.4, 0.5) is 10.3 Å². The maximum absolute atomic E-state index is 13.0. The number of nitrogens with zero attached hydrogens (tertiary/aromatic N) is 4. The average molecular weight is 406 g/mol. The minimum absolute atomic E-state index is 0. The molecule has 0 aliphatic carbocycles. The first-order chi connectivity index (χ1) is 13.1. The summed E-state index contributed by atoms with van der Waals surface area (Å²) in [6, 6.07) is 7.55. The van der Waals surface area contributed by atoms with Crippen LogP contribution < -0.4 is 10.6 Å². The number of aryl methyl sites for hydroxylation is 1. The Morgan fingerprint density at radius 1 is 1.25 bits per heavy atom. The van der Waals surface area contributed by atoms with Crippen LogP contribution in [-0.2, 0) is 7.05 Å². The van der Waals surface area contributed by atoms with Crippen molar-refractivity contribution in [1.29, 1.82) is 0 Å². The van der Waals surface area contributed by atoms with Gasteiger partial charge in [0.2, 0.25) is 5.95 Å². The summed E-state index contributed by atoms with van der Waals surface area (Å²) in [6.45, 7) is 1.90. The van der Waals surface area contributed by atoms with Crippen molar-refractivity contribution in [3.05, 3.63) is 47.7 Å². The fraction of sp³-hybridized carbons (Fsp3) is 0.333. The van der Waals surface area contributed by atoms with Crippen molar-refractivity contribution in [2.75, 3.05) is 18.4 Å². The molecule has 1 aliphatic rings. The van der Waals surface area contributed by atoms with Gasteiger partial charge in [0.05, 0.1) is 5.69 Å². The lowest BCUT2D eigenvalue weighted by atomic mass is 9.98. The predicted octanol–water partition coefficient (Wildman–Crippen LogP) is 2.49. The van der Waals surface area contributed by atoms with Crippen LogP contribution in [-0.4, -0.2) is 44.0 Å². The standard InChI is InChI=1S/C18H20FN7O.ClH/c1-26-18(21-16(25-26)12-6-8-20-9-7-12)22-17(27)15-10-14(23-24-15)11-2-4-13(19)5-3-11;/h2-5,10,12,20H,6-9H2,1H3,(H,23,24)(H,21,22,25,27);1H. The van der Waals surface area contributed by atoms with Gasteiger partial charge >= 0.3 is 0 Å². The molecule has 3 heterocycles. The summed E-state index contributed by atoms with van der Waals surface area (Å²) >= 11 is 0. The van der Waals surface area contributed by atoms with Crippen LogP contribution in [0, 0.1) is 5.82 Å². The lowest BCUT2D eigenvalue weighted by Gasteiger charge is -2.19. The lowest BCUT2D eigenvalue weighted by Crippen LogP contribution is -2.27. The molecule has 3 N–H and O–H groups in total. The molecule has 1 amide bonds. The molecule has 0 bridgehead atoms. The molecule has 1 aliphatic heterocycles. The monoisotopic (exact) mass is 405 g/mol.